The van der Waals surface area contributed by atoms with E-state index in [-0.39, 0.29) is 5.91 Å². The molecule has 0 radical (unpaired) electrons. The molecule has 0 atom stereocenters. The summed E-state index contributed by atoms with van der Waals surface area (Å²) < 4.78 is 5.12. The smallest absolute Gasteiger partial charge is 0.275 e. The van der Waals surface area contributed by atoms with E-state index in [1.807, 2.05) is 6.92 Å². The predicted octanol–water partition coefficient (Wildman–Crippen LogP) is 3.50. The molecule has 0 spiro atoms. The van der Waals surface area contributed by atoms with Crippen LogP contribution in [0.5, 0.6) is 5.75 Å². The fraction of sp³-hybridized carbons (Fsp3) is 0.429. The molecule has 5 heteroatoms. The van der Waals surface area contributed by atoms with Gasteiger partial charge in [-0.2, -0.15) is 5.10 Å². The largest absolute Gasteiger partial charge is 0.496 e. The first-order valence-electron chi connectivity index (χ1n) is 6.11. The highest BCUT2D eigenvalue weighted by Crippen LogP contribution is 2.22. The van der Waals surface area contributed by atoms with Crippen LogP contribution in [0, 0.1) is 5.92 Å². The highest BCUT2D eigenvalue weighted by molar-refractivity contribution is 6.31. The molecule has 0 unspecified atom stereocenters. The summed E-state index contributed by atoms with van der Waals surface area (Å²) in [5.74, 6) is 0.641. The number of carbonyl (C=O) groups is 1. The lowest BCUT2D eigenvalue weighted by Gasteiger charge is -2.08. The Labute approximate surface area is 118 Å². The number of hydrazone groups is 1. The van der Waals surface area contributed by atoms with Gasteiger partial charge in [0.15, 0.2) is 0 Å². The summed E-state index contributed by atoms with van der Waals surface area (Å²) in [6.07, 6.45) is 0.840. The van der Waals surface area contributed by atoms with Crippen molar-refractivity contribution in [2.45, 2.75) is 27.2 Å². The number of ether oxygens (including phenoxy) is 1. The van der Waals surface area contributed by atoms with Gasteiger partial charge < -0.3 is 4.74 Å². The van der Waals surface area contributed by atoms with Gasteiger partial charge in [0.25, 0.3) is 5.91 Å². The molecular weight excluding hydrogens is 264 g/mol. The topological polar surface area (TPSA) is 50.7 Å². The van der Waals surface area contributed by atoms with Crippen LogP contribution in [0.25, 0.3) is 0 Å². The molecule has 1 aromatic rings. The molecule has 0 saturated carbocycles. The summed E-state index contributed by atoms with van der Waals surface area (Å²) in [6, 6.07) is 4.88. The standard InChI is InChI=1S/C14H19ClN2O2/c1-9(2)7-10(3)16-17-14(18)12-8-11(15)5-6-13(12)19-4/h5-6,8-9H,7H2,1-4H3,(H,17,18)/b16-10+. The average molecular weight is 283 g/mol. The van der Waals surface area contributed by atoms with Crippen molar-refractivity contribution in [1.82, 2.24) is 5.43 Å². The van der Waals surface area contributed by atoms with E-state index in [2.05, 4.69) is 24.4 Å². The molecule has 0 aliphatic heterocycles. The minimum absolute atomic E-state index is 0.331. The van der Waals surface area contributed by atoms with E-state index < -0.39 is 0 Å². The van der Waals surface area contributed by atoms with Gasteiger partial charge in [-0.3, -0.25) is 4.79 Å². The van der Waals surface area contributed by atoms with Crippen LogP contribution in [-0.4, -0.2) is 18.7 Å². The Kier molecular flexibility index (Phi) is 5.83. The molecule has 0 saturated heterocycles. The van der Waals surface area contributed by atoms with Crippen molar-refractivity contribution in [1.29, 1.82) is 0 Å². The molecule has 0 aromatic heterocycles. The number of rotatable bonds is 5. The lowest BCUT2D eigenvalue weighted by molar-refractivity contribution is 0.0951. The molecule has 0 aliphatic rings. The SMILES string of the molecule is COc1ccc(Cl)cc1C(=O)N/N=C(\C)CC(C)C. The number of nitrogens with zero attached hydrogens (tertiary/aromatic N) is 1. The summed E-state index contributed by atoms with van der Waals surface area (Å²) in [5, 5.41) is 4.54. The van der Waals surface area contributed by atoms with Crippen molar-refractivity contribution in [3.05, 3.63) is 28.8 Å². The lowest BCUT2D eigenvalue weighted by Crippen LogP contribution is -2.20. The van der Waals surface area contributed by atoms with Crippen LogP contribution in [0.15, 0.2) is 23.3 Å². The van der Waals surface area contributed by atoms with Crippen molar-refractivity contribution in [2.24, 2.45) is 11.0 Å². The van der Waals surface area contributed by atoms with Crippen molar-refractivity contribution in [3.8, 4) is 5.75 Å². The fourth-order valence-electron chi connectivity index (χ4n) is 1.70. The summed E-state index contributed by atoms with van der Waals surface area (Å²) in [4.78, 5) is 12.0. The van der Waals surface area contributed by atoms with Gasteiger partial charge in [0.2, 0.25) is 0 Å². The van der Waals surface area contributed by atoms with E-state index in [0.29, 0.717) is 22.3 Å². The number of benzene rings is 1. The van der Waals surface area contributed by atoms with E-state index >= 15 is 0 Å². The molecule has 1 aromatic carbocycles. The number of methoxy groups -OCH3 is 1. The molecule has 104 valence electrons. The van der Waals surface area contributed by atoms with Gasteiger partial charge in [-0.15, -0.1) is 0 Å². The zero-order valence-electron chi connectivity index (χ0n) is 11.7. The summed E-state index contributed by atoms with van der Waals surface area (Å²) >= 11 is 5.88. The Morgan fingerprint density at radius 3 is 2.74 bits per heavy atom. The van der Waals surface area contributed by atoms with Crippen LogP contribution < -0.4 is 10.2 Å². The van der Waals surface area contributed by atoms with Crippen LogP contribution in [0.2, 0.25) is 5.02 Å². The van der Waals surface area contributed by atoms with E-state index in [0.717, 1.165) is 12.1 Å². The van der Waals surface area contributed by atoms with Gasteiger partial charge in [0.1, 0.15) is 5.75 Å². The van der Waals surface area contributed by atoms with E-state index in [9.17, 15) is 4.79 Å². The second-order valence-corrected chi connectivity index (χ2v) is 5.17. The number of nitrogens with one attached hydrogen (secondary N) is 1. The Bertz CT molecular complexity index is 484. The molecule has 0 aliphatic carbocycles. The van der Waals surface area contributed by atoms with E-state index in [1.54, 1.807) is 18.2 Å². The highest BCUT2D eigenvalue weighted by atomic mass is 35.5. The van der Waals surface area contributed by atoms with Crippen LogP contribution in [0.4, 0.5) is 0 Å². The molecule has 4 nitrogen and oxygen atoms in total. The van der Waals surface area contributed by atoms with E-state index in [4.69, 9.17) is 16.3 Å². The Morgan fingerprint density at radius 2 is 2.16 bits per heavy atom. The van der Waals surface area contributed by atoms with Crippen LogP contribution in [-0.2, 0) is 0 Å². The predicted molar refractivity (Wildman–Crippen MR) is 78.0 cm³/mol. The fourth-order valence-corrected chi connectivity index (χ4v) is 1.87. The molecule has 0 fully saturated rings. The van der Waals surface area contributed by atoms with Gasteiger partial charge in [-0.25, -0.2) is 5.43 Å². The first-order valence-corrected chi connectivity index (χ1v) is 6.49. The van der Waals surface area contributed by atoms with Crippen LogP contribution >= 0.6 is 11.6 Å². The number of carbonyl (C=O) groups excluding carboxylic acids is 1. The average Bonchev–Trinajstić information content (AvgIpc) is 2.35. The van der Waals surface area contributed by atoms with Crippen molar-refractivity contribution >= 4 is 23.2 Å². The van der Waals surface area contributed by atoms with Gasteiger partial charge in [-0.05, 0) is 37.5 Å². The molecular formula is C14H19ClN2O2. The minimum Gasteiger partial charge on any atom is -0.496 e. The first-order chi connectivity index (χ1) is 8.93. The van der Waals surface area contributed by atoms with Crippen LogP contribution in [0.1, 0.15) is 37.6 Å². The summed E-state index contributed by atoms with van der Waals surface area (Å²) in [5.41, 5.74) is 3.77. The van der Waals surface area contributed by atoms with Crippen molar-refractivity contribution < 1.29 is 9.53 Å². The lowest BCUT2D eigenvalue weighted by atomic mass is 10.1. The monoisotopic (exact) mass is 282 g/mol. The number of hydrogen-bond donors (Lipinski definition) is 1. The Hall–Kier alpha value is -1.55. The molecule has 0 bridgehead atoms. The van der Waals surface area contributed by atoms with Crippen molar-refractivity contribution in [3.63, 3.8) is 0 Å². The molecule has 1 amide bonds. The zero-order chi connectivity index (χ0) is 14.4. The van der Waals surface area contributed by atoms with Gasteiger partial charge in [0.05, 0.1) is 12.7 Å². The normalized spacial score (nSPS) is 11.6. The third-order valence-electron chi connectivity index (χ3n) is 2.46. The molecule has 1 N–H and O–H groups in total. The van der Waals surface area contributed by atoms with Gasteiger partial charge in [0, 0.05) is 10.7 Å². The van der Waals surface area contributed by atoms with Crippen LogP contribution in [0.3, 0.4) is 0 Å². The Morgan fingerprint density at radius 1 is 1.47 bits per heavy atom. The quantitative estimate of drug-likeness (QED) is 0.664. The maximum Gasteiger partial charge on any atom is 0.275 e. The first kappa shape index (κ1) is 15.5. The van der Waals surface area contributed by atoms with Gasteiger partial charge in [-0.1, -0.05) is 25.4 Å². The maximum absolute atomic E-state index is 12.0. The maximum atomic E-state index is 12.0. The second kappa shape index (κ2) is 7.14. The van der Waals surface area contributed by atoms with E-state index in [1.165, 1.54) is 7.11 Å². The molecule has 19 heavy (non-hydrogen) atoms. The number of amides is 1. The molecule has 0 heterocycles. The third-order valence-corrected chi connectivity index (χ3v) is 2.69. The van der Waals surface area contributed by atoms with Gasteiger partial charge >= 0.3 is 0 Å². The Balaban J connectivity index is 2.81. The molecule has 1 rings (SSSR count). The van der Waals surface area contributed by atoms with Crippen molar-refractivity contribution in [2.75, 3.05) is 7.11 Å². The summed E-state index contributed by atoms with van der Waals surface area (Å²) in [7, 11) is 1.51. The second-order valence-electron chi connectivity index (χ2n) is 4.73. The summed E-state index contributed by atoms with van der Waals surface area (Å²) in [6.45, 7) is 6.08. The third kappa shape index (κ3) is 4.91. The zero-order valence-corrected chi connectivity index (χ0v) is 12.4. The number of hydrogen-bond acceptors (Lipinski definition) is 3. The highest BCUT2D eigenvalue weighted by Gasteiger charge is 2.12. The number of halogens is 1. The minimum atomic E-state index is -0.331.